The summed E-state index contributed by atoms with van der Waals surface area (Å²) in [5.41, 5.74) is 0.276. The van der Waals surface area contributed by atoms with Gasteiger partial charge in [0.25, 0.3) is 0 Å². The van der Waals surface area contributed by atoms with Gasteiger partial charge in [0.05, 0.1) is 0 Å². The lowest BCUT2D eigenvalue weighted by Gasteiger charge is -2.08. The van der Waals surface area contributed by atoms with Gasteiger partial charge in [-0.2, -0.15) is 0 Å². The van der Waals surface area contributed by atoms with Crippen LogP contribution in [0.2, 0.25) is 0 Å². The van der Waals surface area contributed by atoms with Crippen molar-refractivity contribution in [2.24, 2.45) is 0 Å². The highest BCUT2D eigenvalue weighted by atomic mass is 16.4. The van der Waals surface area contributed by atoms with Crippen molar-refractivity contribution in [3.8, 4) is 0 Å². The van der Waals surface area contributed by atoms with E-state index in [9.17, 15) is 9.59 Å². The summed E-state index contributed by atoms with van der Waals surface area (Å²) in [6.45, 7) is 3.54. The Hall–Kier alpha value is -1.85. The van der Waals surface area contributed by atoms with Crippen LogP contribution < -0.4 is 0 Å². The molecule has 1 atom stereocenters. The summed E-state index contributed by atoms with van der Waals surface area (Å²) in [7, 11) is 0. The number of rotatable bonds is 6. The maximum absolute atomic E-state index is 11.1. The molecule has 0 saturated heterocycles. The highest BCUT2D eigenvalue weighted by molar-refractivity contribution is 5.87. The topological polar surface area (TPSA) is 103 Å². The van der Waals surface area contributed by atoms with Crippen LogP contribution in [-0.2, 0) is 4.79 Å². The molecule has 0 amide bonds. The lowest BCUT2D eigenvalue weighted by molar-refractivity contribution is -0.139. The molecule has 1 aromatic rings. The molecule has 1 aromatic heterocycles. The van der Waals surface area contributed by atoms with Crippen molar-refractivity contribution in [3.63, 3.8) is 0 Å². The molecule has 0 aliphatic heterocycles. The molecular weight excluding hydrogens is 224 g/mol. The van der Waals surface area contributed by atoms with Crippen LogP contribution in [0.4, 0.5) is 0 Å². The molecule has 17 heavy (non-hydrogen) atoms. The number of carbonyl (C=O) groups is 2. The summed E-state index contributed by atoms with van der Waals surface area (Å²) >= 11 is 0. The largest absolute Gasteiger partial charge is 0.481 e. The molecule has 6 nitrogen and oxygen atoms in total. The molecule has 3 N–H and O–H groups in total. The molecule has 0 spiro atoms. The van der Waals surface area contributed by atoms with Gasteiger partial charge < -0.3 is 15.2 Å². The fourth-order valence-corrected chi connectivity index (χ4v) is 1.64. The van der Waals surface area contributed by atoms with E-state index in [0.717, 1.165) is 12.8 Å². The van der Waals surface area contributed by atoms with Crippen molar-refractivity contribution in [3.05, 3.63) is 17.2 Å². The number of hydrogen-bond acceptors (Lipinski definition) is 3. The normalized spacial score (nSPS) is 12.4. The molecule has 1 unspecified atom stereocenters. The average Bonchev–Trinajstić information content (AvgIpc) is 2.60. The van der Waals surface area contributed by atoms with Crippen LogP contribution in [0.15, 0.2) is 0 Å². The number of nitrogens with zero attached hydrogens (tertiary/aromatic N) is 1. The zero-order chi connectivity index (χ0) is 13.0. The molecule has 0 aromatic carbocycles. The number of hydrogen-bond donors (Lipinski definition) is 3. The number of carboxylic acid groups (broad SMARTS) is 2. The number of aliphatic carboxylic acids is 1. The summed E-state index contributed by atoms with van der Waals surface area (Å²) in [5.74, 6) is -2.67. The van der Waals surface area contributed by atoms with Crippen molar-refractivity contribution >= 4 is 11.9 Å². The van der Waals surface area contributed by atoms with E-state index in [4.69, 9.17) is 10.2 Å². The van der Waals surface area contributed by atoms with Gasteiger partial charge in [-0.05, 0) is 13.3 Å². The third-order valence-corrected chi connectivity index (χ3v) is 2.58. The fourth-order valence-electron chi connectivity index (χ4n) is 1.64. The third kappa shape index (κ3) is 3.05. The van der Waals surface area contributed by atoms with Gasteiger partial charge in [0.15, 0.2) is 5.69 Å². The second-order valence-corrected chi connectivity index (χ2v) is 3.93. The molecule has 6 heteroatoms. The second kappa shape index (κ2) is 5.47. The predicted molar refractivity (Wildman–Crippen MR) is 60.2 cm³/mol. The van der Waals surface area contributed by atoms with Crippen LogP contribution in [0.25, 0.3) is 0 Å². The number of aromatic carboxylic acids is 1. The van der Waals surface area contributed by atoms with Gasteiger partial charge in [-0.3, -0.25) is 4.79 Å². The Labute approximate surface area is 98.7 Å². The number of aryl methyl sites for hydroxylation is 1. The van der Waals surface area contributed by atoms with Gasteiger partial charge in [-0.1, -0.05) is 19.8 Å². The Bertz CT molecular complexity index is 425. The van der Waals surface area contributed by atoms with E-state index < -0.39 is 17.9 Å². The Balaban J connectivity index is 2.98. The molecular formula is C11H16N2O4. The van der Waals surface area contributed by atoms with Crippen molar-refractivity contribution in [2.75, 3.05) is 0 Å². The molecule has 0 bridgehead atoms. The first-order chi connectivity index (χ1) is 7.97. The van der Waals surface area contributed by atoms with Gasteiger partial charge in [0.1, 0.15) is 11.7 Å². The average molecular weight is 240 g/mol. The summed E-state index contributed by atoms with van der Waals surface area (Å²) < 4.78 is 0. The van der Waals surface area contributed by atoms with Crippen LogP contribution in [0.3, 0.4) is 0 Å². The molecule has 94 valence electrons. The number of H-pyrrole nitrogens is 1. The van der Waals surface area contributed by atoms with Gasteiger partial charge in [-0.15, -0.1) is 0 Å². The summed E-state index contributed by atoms with van der Waals surface area (Å²) in [6.07, 6.45) is 2.10. The molecule has 1 heterocycles. The summed E-state index contributed by atoms with van der Waals surface area (Å²) in [5, 5.41) is 17.9. The molecule has 0 saturated carbocycles. The zero-order valence-electron chi connectivity index (χ0n) is 9.86. The second-order valence-electron chi connectivity index (χ2n) is 3.93. The van der Waals surface area contributed by atoms with Crippen LogP contribution >= 0.6 is 0 Å². The number of carboxylic acids is 2. The Morgan fingerprint density at radius 2 is 2.06 bits per heavy atom. The van der Waals surface area contributed by atoms with E-state index in [-0.39, 0.29) is 11.5 Å². The number of unbranched alkanes of at least 4 members (excludes halogenated alkanes) is 1. The summed E-state index contributed by atoms with van der Waals surface area (Å²) in [6, 6.07) is 0. The standard InChI is InChI=1S/C11H16N2O4/c1-3-4-5-7(10(14)15)9-12-6(2)8(13-9)11(16)17/h7H,3-5H2,1-2H3,(H,12,13)(H,14,15)(H,16,17). The van der Waals surface area contributed by atoms with Crippen LogP contribution in [0.5, 0.6) is 0 Å². The maximum Gasteiger partial charge on any atom is 0.356 e. The highest BCUT2D eigenvalue weighted by Crippen LogP contribution is 2.21. The van der Waals surface area contributed by atoms with Gasteiger partial charge in [0, 0.05) is 5.69 Å². The quantitative estimate of drug-likeness (QED) is 0.703. The van der Waals surface area contributed by atoms with Crippen LogP contribution in [0, 0.1) is 6.92 Å². The SMILES string of the molecule is CCCCC(C(=O)O)c1nc(C(=O)O)c(C)[nH]1. The molecule has 0 aliphatic carbocycles. The third-order valence-electron chi connectivity index (χ3n) is 2.58. The first kappa shape index (κ1) is 13.2. The minimum atomic E-state index is -1.15. The molecule has 0 aliphatic rings. The van der Waals surface area contributed by atoms with E-state index in [2.05, 4.69) is 9.97 Å². The van der Waals surface area contributed by atoms with Gasteiger partial charge >= 0.3 is 11.9 Å². The Morgan fingerprint density at radius 1 is 1.41 bits per heavy atom. The van der Waals surface area contributed by atoms with Gasteiger partial charge in [-0.25, -0.2) is 9.78 Å². The van der Waals surface area contributed by atoms with E-state index in [1.807, 2.05) is 6.92 Å². The highest BCUT2D eigenvalue weighted by Gasteiger charge is 2.25. The van der Waals surface area contributed by atoms with Crippen LogP contribution in [-0.4, -0.2) is 32.1 Å². The first-order valence-corrected chi connectivity index (χ1v) is 5.50. The lowest BCUT2D eigenvalue weighted by atomic mass is 10.0. The molecule has 1 rings (SSSR count). The van der Waals surface area contributed by atoms with E-state index in [1.54, 1.807) is 6.92 Å². The predicted octanol–water partition coefficient (Wildman–Crippen LogP) is 1.77. The van der Waals surface area contributed by atoms with Crippen molar-refractivity contribution < 1.29 is 19.8 Å². The minimum Gasteiger partial charge on any atom is -0.481 e. The van der Waals surface area contributed by atoms with Crippen molar-refractivity contribution in [2.45, 2.75) is 39.0 Å². The minimum absolute atomic E-state index is 0.109. The number of aromatic nitrogens is 2. The lowest BCUT2D eigenvalue weighted by Crippen LogP contribution is -2.13. The monoisotopic (exact) mass is 240 g/mol. The van der Waals surface area contributed by atoms with Crippen LogP contribution in [0.1, 0.15) is 54.1 Å². The smallest absolute Gasteiger partial charge is 0.356 e. The molecule has 0 fully saturated rings. The van der Waals surface area contributed by atoms with Gasteiger partial charge in [0.2, 0.25) is 0 Å². The Kier molecular flexibility index (Phi) is 4.25. The van der Waals surface area contributed by atoms with E-state index >= 15 is 0 Å². The first-order valence-electron chi connectivity index (χ1n) is 5.50. The maximum atomic E-state index is 11.1. The fraction of sp³-hybridized carbons (Fsp3) is 0.545. The summed E-state index contributed by atoms with van der Waals surface area (Å²) in [4.78, 5) is 28.5. The zero-order valence-corrected chi connectivity index (χ0v) is 9.86. The van der Waals surface area contributed by atoms with Crippen molar-refractivity contribution in [1.29, 1.82) is 0 Å². The van der Waals surface area contributed by atoms with E-state index in [0.29, 0.717) is 12.1 Å². The number of aromatic amines is 1. The Morgan fingerprint density at radius 3 is 2.47 bits per heavy atom. The number of imidazole rings is 1. The number of nitrogens with one attached hydrogen (secondary N) is 1. The van der Waals surface area contributed by atoms with Crippen molar-refractivity contribution in [1.82, 2.24) is 9.97 Å². The molecule has 0 radical (unpaired) electrons. The van der Waals surface area contributed by atoms with E-state index in [1.165, 1.54) is 0 Å².